The Hall–Kier alpha value is -1.06. The number of nitrogens with one attached hydrogen (secondary N) is 1. The van der Waals surface area contributed by atoms with Crippen molar-refractivity contribution in [3.8, 4) is 5.75 Å². The molecule has 0 aromatic heterocycles. The zero-order valence-electron chi connectivity index (χ0n) is 11.8. The van der Waals surface area contributed by atoms with Gasteiger partial charge in [-0.2, -0.15) is 0 Å². The van der Waals surface area contributed by atoms with E-state index < -0.39 is 0 Å². The van der Waals surface area contributed by atoms with Crippen LogP contribution in [0.4, 0.5) is 0 Å². The van der Waals surface area contributed by atoms with Crippen LogP contribution < -0.4 is 10.1 Å². The normalized spacial score (nSPS) is 38.5. The number of aliphatic hydroxyl groups is 1. The van der Waals surface area contributed by atoms with Crippen LogP contribution in [0.2, 0.25) is 0 Å². The first-order valence-electron chi connectivity index (χ1n) is 7.95. The van der Waals surface area contributed by atoms with E-state index in [1.54, 1.807) is 0 Å². The highest BCUT2D eigenvalue weighted by atomic mass is 16.5. The second-order valence-electron chi connectivity index (χ2n) is 6.63. The zero-order valence-corrected chi connectivity index (χ0v) is 11.8. The second kappa shape index (κ2) is 5.05. The van der Waals surface area contributed by atoms with Crippen molar-refractivity contribution in [1.29, 1.82) is 0 Å². The fourth-order valence-electron chi connectivity index (χ4n) is 4.15. The summed E-state index contributed by atoms with van der Waals surface area (Å²) in [4.78, 5) is 0. The van der Waals surface area contributed by atoms with Gasteiger partial charge in [-0.05, 0) is 30.7 Å². The third-order valence-electron chi connectivity index (χ3n) is 5.39. The Morgan fingerprint density at radius 3 is 3.05 bits per heavy atom. The van der Waals surface area contributed by atoms with Crippen molar-refractivity contribution < 1.29 is 9.84 Å². The van der Waals surface area contributed by atoms with Crippen molar-refractivity contribution in [1.82, 2.24) is 5.32 Å². The lowest BCUT2D eigenvalue weighted by Gasteiger charge is -2.37. The third-order valence-corrected chi connectivity index (χ3v) is 5.39. The predicted molar refractivity (Wildman–Crippen MR) is 77.6 cm³/mol. The molecule has 1 aliphatic heterocycles. The van der Waals surface area contributed by atoms with E-state index in [0.29, 0.717) is 12.6 Å². The van der Waals surface area contributed by atoms with Crippen LogP contribution in [0.5, 0.6) is 5.75 Å². The van der Waals surface area contributed by atoms with Gasteiger partial charge in [0.2, 0.25) is 0 Å². The molecule has 2 fully saturated rings. The average molecular weight is 273 g/mol. The molecule has 2 saturated carbocycles. The highest BCUT2D eigenvalue weighted by Crippen LogP contribution is 2.50. The first-order valence-corrected chi connectivity index (χ1v) is 7.95. The standard InChI is InChI=1S/C17H23NO2/c19-9-12-10-20-16-7-2-1-5-13(16)17(12)18-15-6-3-4-11-8-14(11)15/h1-2,5,7,11-12,14-15,17-19H,3-4,6,8-10H2/t11-,12-,14+,15?,17-/m1/s1. The summed E-state index contributed by atoms with van der Waals surface area (Å²) in [5.74, 6) is 3.02. The number of para-hydroxylation sites is 1. The summed E-state index contributed by atoms with van der Waals surface area (Å²) >= 11 is 0. The minimum atomic E-state index is 0.170. The molecule has 20 heavy (non-hydrogen) atoms. The molecule has 3 nitrogen and oxygen atoms in total. The lowest BCUT2D eigenvalue weighted by Crippen LogP contribution is -2.44. The number of aliphatic hydroxyl groups excluding tert-OH is 1. The molecular weight excluding hydrogens is 250 g/mol. The minimum absolute atomic E-state index is 0.170. The minimum Gasteiger partial charge on any atom is -0.493 e. The lowest BCUT2D eigenvalue weighted by atomic mass is 9.88. The Morgan fingerprint density at radius 1 is 1.25 bits per heavy atom. The zero-order chi connectivity index (χ0) is 13.5. The van der Waals surface area contributed by atoms with Gasteiger partial charge in [-0.3, -0.25) is 0 Å². The summed E-state index contributed by atoms with van der Waals surface area (Å²) in [7, 11) is 0. The van der Waals surface area contributed by atoms with Gasteiger partial charge in [0.1, 0.15) is 5.75 Å². The molecule has 0 amide bonds. The van der Waals surface area contributed by atoms with Crippen molar-refractivity contribution in [3.05, 3.63) is 29.8 Å². The molecule has 3 aliphatic rings. The molecule has 0 saturated heterocycles. The molecule has 1 unspecified atom stereocenters. The molecule has 1 aromatic carbocycles. The van der Waals surface area contributed by atoms with Crippen molar-refractivity contribution in [2.75, 3.05) is 13.2 Å². The van der Waals surface area contributed by atoms with Gasteiger partial charge in [0, 0.05) is 23.6 Å². The largest absolute Gasteiger partial charge is 0.493 e. The van der Waals surface area contributed by atoms with Gasteiger partial charge in [-0.1, -0.05) is 31.0 Å². The average Bonchev–Trinajstić information content (AvgIpc) is 3.28. The summed E-state index contributed by atoms with van der Waals surface area (Å²) in [6.07, 6.45) is 5.48. The van der Waals surface area contributed by atoms with E-state index in [1.807, 2.05) is 12.1 Å². The highest BCUT2D eigenvalue weighted by molar-refractivity contribution is 5.38. The van der Waals surface area contributed by atoms with E-state index in [-0.39, 0.29) is 18.6 Å². The monoisotopic (exact) mass is 273 g/mol. The molecule has 4 rings (SSSR count). The Bertz CT molecular complexity index is 490. The van der Waals surface area contributed by atoms with Gasteiger partial charge < -0.3 is 15.2 Å². The maximum atomic E-state index is 9.67. The van der Waals surface area contributed by atoms with Gasteiger partial charge in [0.15, 0.2) is 0 Å². The van der Waals surface area contributed by atoms with Gasteiger partial charge >= 0.3 is 0 Å². The van der Waals surface area contributed by atoms with E-state index in [2.05, 4.69) is 17.4 Å². The maximum Gasteiger partial charge on any atom is 0.124 e. The Kier molecular flexibility index (Phi) is 3.20. The molecule has 5 atom stereocenters. The molecule has 108 valence electrons. The van der Waals surface area contributed by atoms with E-state index in [0.717, 1.165) is 17.6 Å². The Morgan fingerprint density at radius 2 is 2.15 bits per heavy atom. The molecule has 2 N–H and O–H groups in total. The van der Waals surface area contributed by atoms with E-state index >= 15 is 0 Å². The molecular formula is C17H23NO2. The highest BCUT2D eigenvalue weighted by Gasteiger charge is 2.46. The molecule has 0 bridgehead atoms. The predicted octanol–water partition coefficient (Wildman–Crippen LogP) is 2.51. The second-order valence-corrected chi connectivity index (χ2v) is 6.63. The van der Waals surface area contributed by atoms with Crippen molar-refractivity contribution >= 4 is 0 Å². The molecule has 2 aliphatic carbocycles. The molecule has 3 heteroatoms. The Labute approximate surface area is 120 Å². The van der Waals surface area contributed by atoms with Crippen molar-refractivity contribution in [2.45, 2.75) is 37.8 Å². The van der Waals surface area contributed by atoms with Gasteiger partial charge in [-0.25, -0.2) is 0 Å². The maximum absolute atomic E-state index is 9.67. The number of fused-ring (bicyclic) bond motifs is 2. The van der Waals surface area contributed by atoms with E-state index in [1.165, 1.54) is 31.2 Å². The van der Waals surface area contributed by atoms with Crippen LogP contribution in [-0.4, -0.2) is 24.4 Å². The molecule has 0 spiro atoms. The fourth-order valence-corrected chi connectivity index (χ4v) is 4.15. The van der Waals surface area contributed by atoms with Gasteiger partial charge in [-0.15, -0.1) is 0 Å². The van der Waals surface area contributed by atoms with Crippen LogP contribution in [0.3, 0.4) is 0 Å². The molecule has 1 aromatic rings. The van der Waals surface area contributed by atoms with Gasteiger partial charge in [0.05, 0.1) is 13.2 Å². The van der Waals surface area contributed by atoms with Crippen LogP contribution in [-0.2, 0) is 0 Å². The molecule has 1 heterocycles. The number of hydrogen-bond acceptors (Lipinski definition) is 3. The summed E-state index contributed by atoms with van der Waals surface area (Å²) in [5.41, 5.74) is 1.22. The molecule has 0 radical (unpaired) electrons. The lowest BCUT2D eigenvalue weighted by molar-refractivity contribution is 0.101. The number of ether oxygens (including phenoxy) is 1. The van der Waals surface area contributed by atoms with Gasteiger partial charge in [0.25, 0.3) is 0 Å². The summed E-state index contributed by atoms with van der Waals surface area (Å²) < 4.78 is 5.78. The quantitative estimate of drug-likeness (QED) is 0.889. The number of hydrogen-bond donors (Lipinski definition) is 2. The first-order chi connectivity index (χ1) is 9.86. The first kappa shape index (κ1) is 12.7. The van der Waals surface area contributed by atoms with Crippen LogP contribution in [0.1, 0.15) is 37.3 Å². The third kappa shape index (κ3) is 2.13. The van der Waals surface area contributed by atoms with Crippen LogP contribution >= 0.6 is 0 Å². The summed E-state index contributed by atoms with van der Waals surface area (Å²) in [5, 5.41) is 13.5. The number of rotatable bonds is 3. The van der Waals surface area contributed by atoms with E-state index in [4.69, 9.17) is 4.74 Å². The van der Waals surface area contributed by atoms with Crippen molar-refractivity contribution in [2.24, 2.45) is 17.8 Å². The van der Waals surface area contributed by atoms with Crippen LogP contribution in [0, 0.1) is 17.8 Å². The van der Waals surface area contributed by atoms with Crippen LogP contribution in [0.15, 0.2) is 24.3 Å². The summed E-state index contributed by atoms with van der Waals surface area (Å²) in [6, 6.07) is 9.15. The topological polar surface area (TPSA) is 41.5 Å². The summed E-state index contributed by atoms with van der Waals surface area (Å²) in [6.45, 7) is 0.804. The number of benzene rings is 1. The Balaban J connectivity index is 1.57. The smallest absolute Gasteiger partial charge is 0.124 e. The fraction of sp³-hybridized carbons (Fsp3) is 0.647. The SMILES string of the molecule is OC[C@@H]1COc2ccccc2[C@@H]1NC1CCC[C@@H]2C[C@H]12. The van der Waals surface area contributed by atoms with Crippen molar-refractivity contribution in [3.63, 3.8) is 0 Å². The van der Waals surface area contributed by atoms with E-state index in [9.17, 15) is 5.11 Å². The van der Waals surface area contributed by atoms with Crippen LogP contribution in [0.25, 0.3) is 0 Å².